The van der Waals surface area contributed by atoms with Gasteiger partial charge in [0.1, 0.15) is 0 Å². The number of ether oxygens (including phenoxy) is 2. The second-order valence-corrected chi connectivity index (χ2v) is 7.23. The van der Waals surface area contributed by atoms with Gasteiger partial charge in [0.25, 0.3) is 5.91 Å². The number of rotatable bonds is 7. The molecule has 25 heavy (non-hydrogen) atoms. The van der Waals surface area contributed by atoms with Crippen LogP contribution in [0, 0.1) is 11.8 Å². The molecule has 5 heteroatoms. The molecule has 1 saturated carbocycles. The highest BCUT2D eigenvalue weighted by Gasteiger charge is 2.42. The summed E-state index contributed by atoms with van der Waals surface area (Å²) in [5.74, 6) is 2.49. The van der Waals surface area contributed by atoms with Gasteiger partial charge >= 0.3 is 0 Å². The number of amides is 1. The van der Waals surface area contributed by atoms with Gasteiger partial charge in [-0.25, -0.2) is 0 Å². The van der Waals surface area contributed by atoms with E-state index in [9.17, 15) is 4.79 Å². The lowest BCUT2D eigenvalue weighted by atomic mass is 9.98. The third-order valence-electron chi connectivity index (χ3n) is 5.31. The van der Waals surface area contributed by atoms with Gasteiger partial charge in [-0.05, 0) is 55.7 Å². The third-order valence-corrected chi connectivity index (χ3v) is 5.31. The minimum absolute atomic E-state index is 0.0741. The number of nitrogens with two attached hydrogens (primary N) is 1. The Hall–Kier alpha value is -1.75. The highest BCUT2D eigenvalue weighted by Crippen LogP contribution is 2.38. The van der Waals surface area contributed by atoms with Crippen LogP contribution < -0.4 is 15.2 Å². The molecule has 3 atom stereocenters. The van der Waals surface area contributed by atoms with Crippen LogP contribution in [0.5, 0.6) is 11.5 Å². The average Bonchev–Trinajstić information content (AvgIpc) is 3.20. The number of carbonyl (C=O) groups excluding carboxylic acids is 1. The summed E-state index contributed by atoms with van der Waals surface area (Å²) in [4.78, 5) is 14.9. The normalized spacial score (nSPS) is 25.1. The molecule has 2 N–H and O–H groups in total. The Balaban J connectivity index is 1.73. The zero-order valence-corrected chi connectivity index (χ0v) is 15.4. The zero-order valence-electron chi connectivity index (χ0n) is 15.4. The van der Waals surface area contributed by atoms with E-state index in [0.29, 0.717) is 42.1 Å². The number of likely N-dealkylation sites (tertiary alicyclic amines) is 1. The van der Waals surface area contributed by atoms with E-state index in [2.05, 4.69) is 13.8 Å². The summed E-state index contributed by atoms with van der Waals surface area (Å²) in [5, 5.41) is 0. The molecule has 1 aliphatic carbocycles. The number of hydrogen-bond donors (Lipinski definition) is 1. The van der Waals surface area contributed by atoms with E-state index in [-0.39, 0.29) is 11.9 Å². The average molecular weight is 346 g/mol. The molecule has 138 valence electrons. The number of fused-ring (bicyclic) bond motifs is 1. The Morgan fingerprint density at radius 3 is 2.52 bits per heavy atom. The fraction of sp³-hybridized carbons (Fsp3) is 0.650. The molecule has 0 aromatic heterocycles. The number of carbonyl (C=O) groups is 1. The molecule has 3 rings (SSSR count). The smallest absolute Gasteiger partial charge is 0.254 e. The van der Waals surface area contributed by atoms with Gasteiger partial charge in [0, 0.05) is 24.7 Å². The maximum absolute atomic E-state index is 12.9. The summed E-state index contributed by atoms with van der Waals surface area (Å²) in [6.07, 6.45) is 4.09. The summed E-state index contributed by atoms with van der Waals surface area (Å²) >= 11 is 0. The Morgan fingerprint density at radius 2 is 1.84 bits per heavy atom. The molecular formula is C20H30N2O3. The first-order chi connectivity index (χ1) is 12.1. The Labute approximate surface area is 150 Å². The molecule has 1 saturated heterocycles. The summed E-state index contributed by atoms with van der Waals surface area (Å²) < 4.78 is 11.6. The molecule has 1 heterocycles. The van der Waals surface area contributed by atoms with E-state index < -0.39 is 0 Å². The van der Waals surface area contributed by atoms with Crippen molar-refractivity contribution >= 4 is 5.91 Å². The number of hydrogen-bond acceptors (Lipinski definition) is 4. The van der Waals surface area contributed by atoms with Crippen LogP contribution in [-0.2, 0) is 0 Å². The molecule has 0 radical (unpaired) electrons. The monoisotopic (exact) mass is 346 g/mol. The summed E-state index contributed by atoms with van der Waals surface area (Å²) in [5.41, 5.74) is 6.86. The van der Waals surface area contributed by atoms with Crippen molar-refractivity contribution in [2.45, 2.75) is 45.6 Å². The first kappa shape index (κ1) is 18.1. The van der Waals surface area contributed by atoms with Crippen LogP contribution in [0.15, 0.2) is 18.2 Å². The molecule has 1 aromatic carbocycles. The quantitative estimate of drug-likeness (QED) is 0.824. The topological polar surface area (TPSA) is 64.8 Å². The molecule has 2 aliphatic rings. The van der Waals surface area contributed by atoms with E-state index in [1.807, 2.05) is 23.1 Å². The minimum Gasteiger partial charge on any atom is -0.490 e. The Bertz CT molecular complexity index is 605. The first-order valence-corrected chi connectivity index (χ1v) is 9.58. The van der Waals surface area contributed by atoms with Gasteiger partial charge in [-0.2, -0.15) is 0 Å². The maximum Gasteiger partial charge on any atom is 0.254 e. The highest BCUT2D eigenvalue weighted by atomic mass is 16.5. The highest BCUT2D eigenvalue weighted by molar-refractivity contribution is 5.95. The lowest BCUT2D eigenvalue weighted by Crippen LogP contribution is -2.33. The van der Waals surface area contributed by atoms with Crippen LogP contribution in [0.25, 0.3) is 0 Å². The maximum atomic E-state index is 12.9. The molecule has 1 aromatic rings. The van der Waals surface area contributed by atoms with Crippen molar-refractivity contribution in [3.63, 3.8) is 0 Å². The van der Waals surface area contributed by atoms with E-state index in [4.69, 9.17) is 15.2 Å². The van der Waals surface area contributed by atoms with Gasteiger partial charge in [0.15, 0.2) is 11.5 Å². The van der Waals surface area contributed by atoms with Crippen LogP contribution in [0.1, 0.15) is 49.9 Å². The van der Waals surface area contributed by atoms with Crippen molar-refractivity contribution in [2.24, 2.45) is 17.6 Å². The van der Waals surface area contributed by atoms with Gasteiger partial charge < -0.3 is 20.1 Å². The molecule has 0 bridgehead atoms. The van der Waals surface area contributed by atoms with E-state index >= 15 is 0 Å². The second kappa shape index (κ2) is 8.09. The van der Waals surface area contributed by atoms with E-state index in [1.54, 1.807) is 0 Å². The van der Waals surface area contributed by atoms with Crippen LogP contribution >= 0.6 is 0 Å². The summed E-state index contributed by atoms with van der Waals surface area (Å²) in [6.45, 7) is 7.00. The van der Waals surface area contributed by atoms with Crippen molar-refractivity contribution in [1.82, 2.24) is 4.90 Å². The molecule has 1 amide bonds. The van der Waals surface area contributed by atoms with Crippen LogP contribution in [0.2, 0.25) is 0 Å². The van der Waals surface area contributed by atoms with Crippen LogP contribution in [0.3, 0.4) is 0 Å². The Kier molecular flexibility index (Phi) is 5.84. The number of benzene rings is 1. The van der Waals surface area contributed by atoms with Crippen molar-refractivity contribution < 1.29 is 14.3 Å². The molecule has 0 spiro atoms. The summed E-state index contributed by atoms with van der Waals surface area (Å²) in [7, 11) is 0. The first-order valence-electron chi connectivity index (χ1n) is 9.58. The fourth-order valence-electron chi connectivity index (χ4n) is 3.95. The summed E-state index contributed by atoms with van der Waals surface area (Å²) in [6, 6.07) is 5.78. The van der Waals surface area contributed by atoms with E-state index in [1.165, 1.54) is 0 Å². The number of nitrogens with zero attached hydrogens (tertiary/aromatic N) is 1. The van der Waals surface area contributed by atoms with Crippen molar-refractivity contribution in [3.05, 3.63) is 23.8 Å². The molecule has 3 unspecified atom stereocenters. The SMILES string of the molecule is CCCOc1ccc(C(=O)N2CC3CCC(N)C3C2)cc1OCCC. The van der Waals surface area contributed by atoms with E-state index in [0.717, 1.165) is 38.8 Å². The predicted molar refractivity (Wildman–Crippen MR) is 98.1 cm³/mol. The van der Waals surface area contributed by atoms with Gasteiger partial charge in [-0.15, -0.1) is 0 Å². The molecule has 1 aliphatic heterocycles. The van der Waals surface area contributed by atoms with Gasteiger partial charge in [-0.3, -0.25) is 4.79 Å². The van der Waals surface area contributed by atoms with Gasteiger partial charge in [0.2, 0.25) is 0 Å². The zero-order chi connectivity index (χ0) is 17.8. The van der Waals surface area contributed by atoms with Crippen molar-refractivity contribution in [3.8, 4) is 11.5 Å². The van der Waals surface area contributed by atoms with Crippen molar-refractivity contribution in [2.75, 3.05) is 26.3 Å². The van der Waals surface area contributed by atoms with Gasteiger partial charge in [0.05, 0.1) is 13.2 Å². The third kappa shape index (κ3) is 3.92. The minimum atomic E-state index is 0.0741. The standard InChI is InChI=1S/C20H30N2O3/c1-3-9-24-18-8-6-14(11-19(18)25-10-4-2)20(23)22-12-15-5-7-17(21)16(15)13-22/h6,8,11,15-17H,3-5,7,9-10,12-13,21H2,1-2H3. The second-order valence-electron chi connectivity index (χ2n) is 7.23. The van der Waals surface area contributed by atoms with Gasteiger partial charge in [-0.1, -0.05) is 13.8 Å². The predicted octanol–water partition coefficient (Wildman–Crippen LogP) is 3.07. The molecule has 5 nitrogen and oxygen atoms in total. The molecular weight excluding hydrogens is 316 g/mol. The lowest BCUT2D eigenvalue weighted by Gasteiger charge is -2.20. The Morgan fingerprint density at radius 1 is 1.12 bits per heavy atom. The molecule has 2 fully saturated rings. The van der Waals surface area contributed by atoms with Crippen LogP contribution in [0.4, 0.5) is 0 Å². The van der Waals surface area contributed by atoms with Crippen LogP contribution in [-0.4, -0.2) is 43.2 Å². The largest absolute Gasteiger partial charge is 0.490 e. The lowest BCUT2D eigenvalue weighted by molar-refractivity contribution is 0.0779. The fourth-order valence-corrected chi connectivity index (χ4v) is 3.95. The van der Waals surface area contributed by atoms with Crippen molar-refractivity contribution in [1.29, 1.82) is 0 Å².